The summed E-state index contributed by atoms with van der Waals surface area (Å²) in [6.07, 6.45) is 5.44. The smallest absolute Gasteiger partial charge is 0.311 e. The number of hydrogen-bond acceptors (Lipinski definition) is 4. The summed E-state index contributed by atoms with van der Waals surface area (Å²) in [5.41, 5.74) is 1.53. The number of aliphatic carboxylic acids is 1. The molecule has 0 radical (unpaired) electrons. The molecule has 2 heterocycles. The predicted octanol–water partition coefficient (Wildman–Crippen LogP) is 4.73. The molecule has 2 aliphatic rings. The van der Waals surface area contributed by atoms with Gasteiger partial charge in [-0.05, 0) is 35.4 Å². The lowest BCUT2D eigenvalue weighted by atomic mass is 9.89. The molecule has 1 N–H and O–H groups in total. The summed E-state index contributed by atoms with van der Waals surface area (Å²) in [5, 5.41) is 10.2. The lowest BCUT2D eigenvalue weighted by molar-refractivity contribution is -0.145. The molecule has 1 saturated heterocycles. The molecule has 2 aromatic rings. The van der Waals surface area contributed by atoms with Crippen LogP contribution < -0.4 is 0 Å². The van der Waals surface area contributed by atoms with Crippen LogP contribution in [0.15, 0.2) is 58.7 Å². The number of allylic oxidation sites excluding steroid dienone is 1. The van der Waals surface area contributed by atoms with Gasteiger partial charge in [0.15, 0.2) is 0 Å². The largest absolute Gasteiger partial charge is 0.481 e. The number of benzene rings is 1. The van der Waals surface area contributed by atoms with Gasteiger partial charge in [0.25, 0.3) is 0 Å². The molecule has 0 amide bonds. The second kappa shape index (κ2) is 6.96. The average molecular weight is 397 g/mol. The molecule has 28 heavy (non-hydrogen) atoms. The normalized spacial score (nSPS) is 27.3. The highest BCUT2D eigenvalue weighted by molar-refractivity contribution is 8.14. The molecule has 146 valence electrons. The molecular weight excluding hydrogens is 372 g/mol. The van der Waals surface area contributed by atoms with Crippen molar-refractivity contribution in [3.05, 3.63) is 71.2 Å². The fourth-order valence-corrected chi connectivity index (χ4v) is 5.46. The van der Waals surface area contributed by atoms with Gasteiger partial charge in [0.1, 0.15) is 5.76 Å². The third-order valence-electron chi connectivity index (χ3n) is 6.40. The van der Waals surface area contributed by atoms with E-state index in [2.05, 4.69) is 0 Å². The Morgan fingerprint density at radius 1 is 1.29 bits per heavy atom. The first-order valence-electron chi connectivity index (χ1n) is 9.56. The number of carboxylic acid groups (broad SMARTS) is 1. The van der Waals surface area contributed by atoms with Gasteiger partial charge < -0.3 is 9.52 Å². The van der Waals surface area contributed by atoms with Crippen molar-refractivity contribution < 1.29 is 19.1 Å². The predicted molar refractivity (Wildman–Crippen MR) is 109 cm³/mol. The van der Waals surface area contributed by atoms with Crippen LogP contribution in [-0.4, -0.2) is 21.9 Å². The van der Waals surface area contributed by atoms with Gasteiger partial charge in [-0.2, -0.15) is 0 Å². The van der Waals surface area contributed by atoms with Crippen LogP contribution in [0.25, 0.3) is 0 Å². The minimum atomic E-state index is -0.901. The van der Waals surface area contributed by atoms with E-state index in [1.165, 1.54) is 11.8 Å². The lowest BCUT2D eigenvalue weighted by Crippen LogP contribution is -2.24. The second-order valence-corrected chi connectivity index (χ2v) is 9.38. The number of thioether (sulfide) groups is 1. The molecule has 1 saturated carbocycles. The SMILES string of the molecule is CC1(C)[C@@H](C=C2CCSC2=O)[C@@]1(Cc1coc(Cc2ccccc2)c1)C(=O)O. The van der Waals surface area contributed by atoms with E-state index in [1.807, 2.05) is 56.3 Å². The molecule has 0 unspecified atom stereocenters. The zero-order valence-corrected chi connectivity index (χ0v) is 16.9. The van der Waals surface area contributed by atoms with Crippen LogP contribution in [-0.2, 0) is 22.4 Å². The van der Waals surface area contributed by atoms with Crippen molar-refractivity contribution >= 4 is 22.8 Å². The monoisotopic (exact) mass is 396 g/mol. The van der Waals surface area contributed by atoms with Crippen LogP contribution in [0.2, 0.25) is 0 Å². The minimum absolute atomic E-state index is 0.0930. The molecule has 4 rings (SSSR count). The Labute approximate surface area is 169 Å². The zero-order valence-electron chi connectivity index (χ0n) is 16.1. The fourth-order valence-electron chi connectivity index (χ4n) is 4.60. The molecule has 5 heteroatoms. The minimum Gasteiger partial charge on any atom is -0.481 e. The van der Waals surface area contributed by atoms with Crippen molar-refractivity contribution in [1.29, 1.82) is 0 Å². The summed E-state index contributed by atoms with van der Waals surface area (Å²) < 4.78 is 5.71. The van der Waals surface area contributed by atoms with E-state index in [0.717, 1.165) is 34.6 Å². The van der Waals surface area contributed by atoms with Crippen LogP contribution in [0.1, 0.15) is 37.2 Å². The van der Waals surface area contributed by atoms with Crippen molar-refractivity contribution in [3.63, 3.8) is 0 Å². The van der Waals surface area contributed by atoms with E-state index in [-0.39, 0.29) is 11.0 Å². The van der Waals surface area contributed by atoms with Gasteiger partial charge >= 0.3 is 5.97 Å². The van der Waals surface area contributed by atoms with E-state index in [4.69, 9.17) is 4.42 Å². The summed E-state index contributed by atoms with van der Waals surface area (Å²) in [6.45, 7) is 3.97. The second-order valence-electron chi connectivity index (χ2n) is 8.31. The Morgan fingerprint density at radius 2 is 2.04 bits per heavy atom. The first-order valence-corrected chi connectivity index (χ1v) is 10.5. The summed E-state index contributed by atoms with van der Waals surface area (Å²) in [5.74, 6) is 0.672. The van der Waals surface area contributed by atoms with Gasteiger partial charge in [-0.3, -0.25) is 9.59 Å². The highest BCUT2D eigenvalue weighted by Crippen LogP contribution is 2.71. The summed E-state index contributed by atoms with van der Waals surface area (Å²) >= 11 is 1.32. The standard InChI is InChI=1S/C23H24O4S/c1-22(2)19(12-17-8-9-28-20(17)24)23(22,21(25)26)13-16-11-18(27-14-16)10-15-6-4-3-5-7-15/h3-7,11-12,14,19H,8-10,13H2,1-2H3,(H,25,26)/t19-,23+/m1/s1. The Kier molecular flexibility index (Phi) is 4.74. The van der Waals surface area contributed by atoms with Crippen LogP contribution in [0.4, 0.5) is 0 Å². The Hall–Kier alpha value is -2.27. The molecule has 2 atom stereocenters. The van der Waals surface area contributed by atoms with Crippen molar-refractivity contribution in [3.8, 4) is 0 Å². The van der Waals surface area contributed by atoms with Crippen molar-refractivity contribution in [1.82, 2.24) is 0 Å². The van der Waals surface area contributed by atoms with E-state index < -0.39 is 16.8 Å². The van der Waals surface area contributed by atoms with Crippen molar-refractivity contribution in [2.75, 3.05) is 5.75 Å². The van der Waals surface area contributed by atoms with Gasteiger partial charge in [0, 0.05) is 23.7 Å². The number of carbonyl (C=O) groups is 2. The number of rotatable bonds is 6. The van der Waals surface area contributed by atoms with Gasteiger partial charge in [-0.25, -0.2) is 0 Å². The quantitative estimate of drug-likeness (QED) is 0.715. The molecule has 1 aliphatic carbocycles. The van der Waals surface area contributed by atoms with E-state index >= 15 is 0 Å². The highest BCUT2D eigenvalue weighted by atomic mass is 32.2. The third kappa shape index (κ3) is 3.12. The molecule has 1 aromatic carbocycles. The van der Waals surface area contributed by atoms with Crippen molar-refractivity contribution in [2.45, 2.75) is 33.1 Å². The summed E-state index contributed by atoms with van der Waals surface area (Å²) in [4.78, 5) is 24.3. The Balaban J connectivity index is 1.56. The van der Waals surface area contributed by atoms with Crippen LogP contribution in [0, 0.1) is 16.7 Å². The molecular formula is C23H24O4S. The van der Waals surface area contributed by atoms with Crippen LogP contribution in [0.3, 0.4) is 0 Å². The van der Waals surface area contributed by atoms with Crippen molar-refractivity contribution in [2.24, 2.45) is 16.7 Å². The topological polar surface area (TPSA) is 67.5 Å². The maximum atomic E-state index is 12.3. The van der Waals surface area contributed by atoms with Gasteiger partial charge in [0.05, 0.1) is 11.7 Å². The fraction of sp³-hybridized carbons (Fsp3) is 0.391. The lowest BCUT2D eigenvalue weighted by Gasteiger charge is -2.14. The first-order chi connectivity index (χ1) is 13.3. The molecule has 0 spiro atoms. The third-order valence-corrected chi connectivity index (χ3v) is 7.34. The molecule has 2 fully saturated rings. The number of carbonyl (C=O) groups excluding carboxylic acids is 1. The zero-order chi connectivity index (χ0) is 19.9. The molecule has 0 bridgehead atoms. The molecule has 1 aromatic heterocycles. The van der Waals surface area contributed by atoms with E-state index in [0.29, 0.717) is 12.8 Å². The van der Waals surface area contributed by atoms with Gasteiger partial charge in [0.2, 0.25) is 5.12 Å². The van der Waals surface area contributed by atoms with E-state index in [9.17, 15) is 14.7 Å². The number of hydrogen-bond donors (Lipinski definition) is 1. The maximum absolute atomic E-state index is 12.3. The highest BCUT2D eigenvalue weighted by Gasteiger charge is 2.74. The average Bonchev–Trinajstić information content (AvgIpc) is 3.04. The Morgan fingerprint density at radius 3 is 2.68 bits per heavy atom. The maximum Gasteiger partial charge on any atom is 0.311 e. The van der Waals surface area contributed by atoms with Gasteiger partial charge in [-0.15, -0.1) is 0 Å². The molecule has 4 nitrogen and oxygen atoms in total. The number of carboxylic acids is 1. The number of furan rings is 1. The first kappa shape index (κ1) is 19.1. The van der Waals surface area contributed by atoms with Gasteiger partial charge in [-0.1, -0.05) is 62.0 Å². The summed E-state index contributed by atoms with van der Waals surface area (Å²) in [6, 6.07) is 12.0. The van der Waals surface area contributed by atoms with E-state index in [1.54, 1.807) is 6.26 Å². The summed E-state index contributed by atoms with van der Waals surface area (Å²) in [7, 11) is 0. The van der Waals surface area contributed by atoms with Crippen LogP contribution >= 0.6 is 11.8 Å². The van der Waals surface area contributed by atoms with Crippen LogP contribution in [0.5, 0.6) is 0 Å². The Bertz CT molecular complexity index is 941. The molecule has 1 aliphatic heterocycles.